The number of carboxylic acid groups (broad SMARTS) is 2. The number of aliphatic hydroxyl groups excluding tert-OH is 4. The van der Waals surface area contributed by atoms with E-state index >= 15 is 0 Å². The van der Waals surface area contributed by atoms with Gasteiger partial charge in [-0.1, -0.05) is 13.8 Å². The molecule has 0 fully saturated rings. The fourth-order valence-electron chi connectivity index (χ4n) is 7.62. The van der Waals surface area contributed by atoms with Crippen LogP contribution in [0.15, 0.2) is 33.7 Å². The highest BCUT2D eigenvalue weighted by Crippen LogP contribution is 2.31. The number of alkyl carbamates (subject to hydrolysis) is 1. The zero-order valence-electron chi connectivity index (χ0n) is 45.5. The van der Waals surface area contributed by atoms with Crippen LogP contribution < -0.4 is 33.6 Å². The molecule has 10 atom stereocenters. The smallest absolute Gasteiger partial charge is 0.407 e. The van der Waals surface area contributed by atoms with E-state index in [0.717, 1.165) is 19.4 Å². The number of aliphatic imine (C=N–C) groups is 2. The van der Waals surface area contributed by atoms with Gasteiger partial charge in [-0.25, -0.2) is 24.4 Å². The second-order valence-electron chi connectivity index (χ2n) is 17.8. The number of nitrogens with zero attached hydrogens (tertiary/aromatic N) is 3. The van der Waals surface area contributed by atoms with E-state index in [1.54, 1.807) is 6.92 Å². The van der Waals surface area contributed by atoms with Crippen molar-refractivity contribution in [1.82, 2.24) is 15.5 Å². The molecule has 0 saturated heterocycles. The summed E-state index contributed by atoms with van der Waals surface area (Å²) in [5.41, 5.74) is 22.1. The number of rotatable bonds is 43. The Morgan fingerprint density at radius 2 is 1.10 bits per heavy atom. The lowest BCUT2D eigenvalue weighted by Crippen LogP contribution is -2.61. The summed E-state index contributed by atoms with van der Waals surface area (Å²) in [6.07, 6.45) is -7.61. The van der Waals surface area contributed by atoms with Gasteiger partial charge in [-0.15, -0.1) is 0 Å². The maximum absolute atomic E-state index is 13.3. The topological polar surface area (TPSA) is 481 Å². The highest BCUT2D eigenvalue weighted by atomic mass is 16.6. The number of guanidine groups is 2. The van der Waals surface area contributed by atoms with Crippen LogP contribution in [0.3, 0.4) is 0 Å². The van der Waals surface area contributed by atoms with E-state index in [1.165, 1.54) is 11.0 Å². The van der Waals surface area contributed by atoms with Crippen molar-refractivity contribution in [2.45, 2.75) is 101 Å². The number of carbonyl (C=O) groups excluding carboxylic acids is 4. The summed E-state index contributed by atoms with van der Waals surface area (Å²) in [4.78, 5) is 84.4. The minimum atomic E-state index is -1.84. The van der Waals surface area contributed by atoms with E-state index in [1.807, 2.05) is 6.92 Å². The monoisotopic (exact) mass is 1150 g/mol. The third-order valence-corrected chi connectivity index (χ3v) is 11.5. The second-order valence-corrected chi connectivity index (χ2v) is 17.8. The molecule has 0 aromatic carbocycles. The van der Waals surface area contributed by atoms with Gasteiger partial charge in [-0.3, -0.25) is 14.4 Å². The summed E-state index contributed by atoms with van der Waals surface area (Å²) in [7, 11) is 0. The van der Waals surface area contributed by atoms with Crippen LogP contribution in [0.25, 0.3) is 0 Å². The molecule has 458 valence electrons. The number of aliphatic carboxylic acids is 2. The van der Waals surface area contributed by atoms with Gasteiger partial charge >= 0.3 is 24.0 Å². The predicted molar refractivity (Wildman–Crippen MR) is 278 cm³/mol. The van der Waals surface area contributed by atoms with Gasteiger partial charge < -0.3 is 121 Å². The van der Waals surface area contributed by atoms with Crippen LogP contribution in [0.4, 0.5) is 4.79 Å². The number of ether oxygens (including phenoxy) is 11. The fourth-order valence-corrected chi connectivity index (χ4v) is 7.62. The van der Waals surface area contributed by atoms with Crippen LogP contribution in [0.5, 0.6) is 0 Å². The second kappa shape index (κ2) is 40.1. The molecule has 2 heterocycles. The molecule has 0 aliphatic carbocycles. The Hall–Kier alpha value is -6.20. The van der Waals surface area contributed by atoms with E-state index in [9.17, 15) is 59.4 Å². The Balaban J connectivity index is 1.91. The predicted octanol–water partition coefficient (Wildman–Crippen LogP) is -4.62. The summed E-state index contributed by atoms with van der Waals surface area (Å²) in [6, 6.07) is -3.43. The molecule has 32 heteroatoms. The molecule has 3 amide bonds. The molecule has 2 aliphatic rings. The first kappa shape index (κ1) is 69.9. The molecule has 16 N–H and O–H groups in total. The van der Waals surface area contributed by atoms with Crippen molar-refractivity contribution in [1.29, 1.82) is 0 Å². The van der Waals surface area contributed by atoms with Crippen LogP contribution in [0.1, 0.15) is 46.5 Å². The molecule has 80 heavy (non-hydrogen) atoms. The quantitative estimate of drug-likeness (QED) is 0.0118. The van der Waals surface area contributed by atoms with Crippen molar-refractivity contribution in [3.8, 4) is 0 Å². The number of hydrogen-bond acceptors (Lipinski definition) is 23. The molecule has 0 spiro atoms. The number of carboxylic acids is 2. The molecule has 0 bridgehead atoms. The Kier molecular flexibility index (Phi) is 35.0. The number of amides is 3. The first-order valence-electron chi connectivity index (χ1n) is 26.0. The van der Waals surface area contributed by atoms with E-state index in [4.69, 9.17) is 75.0 Å². The van der Waals surface area contributed by atoms with Crippen molar-refractivity contribution in [2.75, 3.05) is 125 Å². The van der Waals surface area contributed by atoms with Gasteiger partial charge in [0.05, 0.1) is 117 Å². The molecular weight excluding hydrogens is 1070 g/mol. The molecule has 32 nitrogen and oxygen atoms in total. The van der Waals surface area contributed by atoms with E-state index < -0.39 is 121 Å². The van der Waals surface area contributed by atoms with E-state index in [-0.39, 0.29) is 110 Å². The molecule has 1 unspecified atom stereocenters. The largest absolute Gasteiger partial charge is 0.479 e. The SMILES string of the molecule is CCCOCCOCCOCCOCCC(=O)N(CCOCCNC(=O)OC([C@H](O)CO)[C@@H]1OC(C(=O)O)=C[C@H](N=C(N)N)[C@H]1NC(C)=O)CCOCCOCCCC(=O)O[C@@H]([C@@H]1OC(C(=O)O)=C[C@H](N=C(N)N)[C@H]1C)[C@H](O)CO. The van der Waals surface area contributed by atoms with Gasteiger partial charge in [0.15, 0.2) is 30.2 Å². The standard InChI is InChI=1S/C48H83N9O23/c1-4-11-70-17-21-75-23-24-76-22-19-72-13-7-37(63)57(9-15-73-14-8-53-48(69)80-42(34(62)28-59)43-39(54-30(3)60)32(56-47(51)52)26-36(78-43)45(67)68)10-16-74-20-18-71-12-5-6-38(64)79-41(33(61)27-58)40-29(2)31(55-46(49)50)25-35(77-40)44(65)66/h25-26,29,31-34,39-43,58-59,61-62H,4-24,27-28H2,1-3H3,(H,53,69)(H,54,60)(H,65,66)(H,67,68)(H4,49,50,55)(H4,51,52,56)/t29-,31+,32+,33-,34-,39-,40-,41-,42?,43-/m1/s1. The Morgan fingerprint density at radius 1 is 0.637 bits per heavy atom. The zero-order chi connectivity index (χ0) is 59.4. The highest BCUT2D eigenvalue weighted by Gasteiger charge is 2.47. The molecule has 0 aromatic heterocycles. The van der Waals surface area contributed by atoms with Crippen LogP contribution in [0, 0.1) is 5.92 Å². The van der Waals surface area contributed by atoms with Crippen LogP contribution in [-0.2, 0) is 76.1 Å². The van der Waals surface area contributed by atoms with Crippen molar-refractivity contribution in [3.63, 3.8) is 0 Å². The highest BCUT2D eigenvalue weighted by molar-refractivity contribution is 5.86. The summed E-state index contributed by atoms with van der Waals surface area (Å²) in [5, 5.41) is 64.9. The van der Waals surface area contributed by atoms with Crippen LogP contribution in [0.2, 0.25) is 0 Å². The molecule has 0 saturated carbocycles. The number of hydrogen-bond donors (Lipinski definition) is 12. The lowest BCUT2D eigenvalue weighted by molar-refractivity contribution is -0.176. The van der Waals surface area contributed by atoms with E-state index in [2.05, 4.69) is 20.6 Å². The molecule has 2 rings (SSSR count). The Bertz CT molecular complexity index is 1990. The minimum Gasteiger partial charge on any atom is -0.479 e. The third-order valence-electron chi connectivity index (χ3n) is 11.5. The van der Waals surface area contributed by atoms with Gasteiger partial charge in [0.25, 0.3) is 0 Å². The van der Waals surface area contributed by atoms with Crippen molar-refractivity contribution in [2.24, 2.45) is 38.8 Å². The maximum atomic E-state index is 13.3. The number of aliphatic hydroxyl groups is 4. The average molecular weight is 1150 g/mol. The molecule has 0 radical (unpaired) electrons. The summed E-state index contributed by atoms with van der Waals surface area (Å²) >= 11 is 0. The van der Waals surface area contributed by atoms with E-state index in [0.29, 0.717) is 33.0 Å². The number of nitrogens with one attached hydrogen (secondary N) is 2. The summed E-state index contributed by atoms with van der Waals surface area (Å²) in [6.45, 7) is 6.26. The zero-order valence-corrected chi connectivity index (χ0v) is 45.5. The van der Waals surface area contributed by atoms with Gasteiger partial charge in [0.2, 0.25) is 23.3 Å². The number of nitrogens with two attached hydrogens (primary N) is 4. The summed E-state index contributed by atoms with van der Waals surface area (Å²) < 4.78 is 60.8. The lowest BCUT2D eigenvalue weighted by Gasteiger charge is -2.39. The lowest BCUT2D eigenvalue weighted by atomic mass is 9.87. The van der Waals surface area contributed by atoms with Gasteiger partial charge in [0.1, 0.15) is 18.3 Å². The van der Waals surface area contributed by atoms with Gasteiger partial charge in [-0.2, -0.15) is 0 Å². The molecule has 2 aliphatic heterocycles. The Labute approximate surface area is 462 Å². The third kappa shape index (κ3) is 27.8. The van der Waals surface area contributed by atoms with Crippen molar-refractivity contribution < 1.29 is 112 Å². The average Bonchev–Trinajstić information content (AvgIpc) is 3.40. The van der Waals surface area contributed by atoms with Crippen LogP contribution >= 0.6 is 0 Å². The molecular formula is C48H83N9O23. The number of carbonyl (C=O) groups is 6. The van der Waals surface area contributed by atoms with Gasteiger partial charge in [0, 0.05) is 52.1 Å². The minimum absolute atomic E-state index is 0.00251. The Morgan fingerprint density at radius 3 is 1.61 bits per heavy atom. The summed E-state index contributed by atoms with van der Waals surface area (Å²) in [5.74, 6) is -7.44. The normalized spacial score (nSPS) is 20.2. The fraction of sp³-hybridized carbons (Fsp3) is 0.750. The number of esters is 1. The first-order valence-corrected chi connectivity index (χ1v) is 26.0. The van der Waals surface area contributed by atoms with Crippen molar-refractivity contribution in [3.05, 3.63) is 23.7 Å². The van der Waals surface area contributed by atoms with Crippen molar-refractivity contribution >= 4 is 47.7 Å². The maximum Gasteiger partial charge on any atom is 0.407 e. The molecule has 0 aromatic rings. The van der Waals surface area contributed by atoms with Gasteiger partial charge in [-0.05, 0) is 25.0 Å². The van der Waals surface area contributed by atoms with Crippen LogP contribution in [-0.4, -0.2) is 263 Å². The first-order chi connectivity index (χ1) is 38.2.